The monoisotopic (exact) mass is 485 g/mol. The Morgan fingerprint density at radius 1 is 1.06 bits per heavy atom. The number of fused-ring (bicyclic) bond motifs is 1. The number of hydrogen-bond acceptors (Lipinski definition) is 4. The third-order valence-corrected chi connectivity index (χ3v) is 7.09. The maximum Gasteiger partial charge on any atom is 0.283 e. The van der Waals surface area contributed by atoms with Crippen LogP contribution in [0.4, 0.5) is 4.39 Å². The van der Waals surface area contributed by atoms with Crippen LogP contribution >= 0.6 is 11.8 Å². The van der Waals surface area contributed by atoms with Gasteiger partial charge >= 0.3 is 0 Å². The molecule has 2 aliphatic heterocycles. The average Bonchev–Trinajstić information content (AvgIpc) is 3.37. The number of nitrogens with zero attached hydrogens (tertiary/aromatic N) is 4. The van der Waals surface area contributed by atoms with Crippen molar-refractivity contribution in [2.45, 2.75) is 33.6 Å². The smallest absolute Gasteiger partial charge is 0.283 e. The van der Waals surface area contributed by atoms with Crippen molar-refractivity contribution < 1.29 is 9.18 Å². The third-order valence-electron chi connectivity index (χ3n) is 6.13. The molecule has 0 aliphatic carbocycles. The van der Waals surface area contributed by atoms with E-state index in [4.69, 9.17) is 5.41 Å². The van der Waals surface area contributed by atoms with Crippen molar-refractivity contribution in [1.29, 1.82) is 5.41 Å². The van der Waals surface area contributed by atoms with Crippen molar-refractivity contribution in [3.63, 3.8) is 0 Å². The number of benzene rings is 2. The standard InChI is InChI=1S/C27H24FN5OS/c1-15(2)18-7-11-22(12-8-18)32-16(3)13-20(17(32)4)14-23-24(29)33-27(30-25(23)34)35-26(31-33)19-5-9-21(28)10-6-19/h5-15,29H,1-4H3. The summed E-state index contributed by atoms with van der Waals surface area (Å²) in [7, 11) is 0. The number of carbonyl (C=O) groups is 1. The van der Waals surface area contributed by atoms with Gasteiger partial charge in [0.1, 0.15) is 10.9 Å². The number of hydrogen-bond donors (Lipinski definition) is 1. The first-order valence-electron chi connectivity index (χ1n) is 11.3. The zero-order valence-corrected chi connectivity index (χ0v) is 20.7. The van der Waals surface area contributed by atoms with E-state index in [0.717, 1.165) is 22.6 Å². The minimum absolute atomic E-state index is 0.0318. The molecule has 1 N–H and O–H groups in total. The number of aliphatic imine (C=N–C) groups is 1. The molecule has 8 heteroatoms. The van der Waals surface area contributed by atoms with Crippen LogP contribution in [0.5, 0.6) is 0 Å². The Morgan fingerprint density at radius 3 is 2.40 bits per heavy atom. The molecule has 0 fully saturated rings. The molecule has 2 aliphatic rings. The minimum Gasteiger partial charge on any atom is -0.318 e. The van der Waals surface area contributed by atoms with Crippen molar-refractivity contribution >= 4 is 39.8 Å². The largest absolute Gasteiger partial charge is 0.318 e. The fourth-order valence-corrected chi connectivity index (χ4v) is 5.09. The molecule has 5 rings (SSSR count). The lowest BCUT2D eigenvalue weighted by atomic mass is 10.0. The van der Waals surface area contributed by atoms with Crippen LogP contribution in [0.25, 0.3) is 11.8 Å². The molecule has 3 heterocycles. The SMILES string of the molecule is Cc1cc(C=C2C(=N)N3N=C(c4ccc(F)cc4)SC3=NC2=O)c(C)n1-c1ccc(C(C)C)cc1. The van der Waals surface area contributed by atoms with Gasteiger partial charge in [0.2, 0.25) is 5.17 Å². The number of amidine groups is 2. The summed E-state index contributed by atoms with van der Waals surface area (Å²) in [6.07, 6.45) is 1.71. The summed E-state index contributed by atoms with van der Waals surface area (Å²) < 4.78 is 15.4. The normalized spacial score (nSPS) is 16.7. The molecule has 0 unspecified atom stereocenters. The molecule has 0 atom stereocenters. The molecule has 0 spiro atoms. The van der Waals surface area contributed by atoms with E-state index in [1.54, 1.807) is 18.2 Å². The molecule has 1 amide bonds. The predicted octanol–water partition coefficient (Wildman–Crippen LogP) is 6.02. The van der Waals surface area contributed by atoms with Crippen molar-refractivity contribution in [2.75, 3.05) is 0 Å². The van der Waals surface area contributed by atoms with Gasteiger partial charge in [0.05, 0.1) is 5.57 Å². The number of carbonyl (C=O) groups excluding carboxylic acids is 1. The molecule has 0 bridgehead atoms. The number of hydrazone groups is 1. The summed E-state index contributed by atoms with van der Waals surface area (Å²) in [6, 6.07) is 16.4. The van der Waals surface area contributed by atoms with Crippen molar-refractivity contribution in [3.05, 3.63) is 94.1 Å². The number of rotatable bonds is 4. The summed E-state index contributed by atoms with van der Waals surface area (Å²) >= 11 is 1.19. The molecule has 0 saturated heterocycles. The Hall–Kier alpha value is -3.78. The number of aromatic nitrogens is 1. The topological polar surface area (TPSA) is 73.8 Å². The molecule has 1 aromatic heterocycles. The molecular formula is C27H24FN5OS. The molecule has 176 valence electrons. The summed E-state index contributed by atoms with van der Waals surface area (Å²) in [4.78, 5) is 17.0. The maximum atomic E-state index is 13.3. The van der Waals surface area contributed by atoms with Crippen LogP contribution in [0.15, 0.2) is 70.3 Å². The van der Waals surface area contributed by atoms with Gasteiger partial charge in [-0.3, -0.25) is 10.2 Å². The zero-order chi connectivity index (χ0) is 24.9. The van der Waals surface area contributed by atoms with E-state index >= 15 is 0 Å². The fourth-order valence-electron chi connectivity index (χ4n) is 4.20. The highest BCUT2D eigenvalue weighted by molar-refractivity contribution is 8.27. The van der Waals surface area contributed by atoms with Crippen molar-refractivity contribution in [2.24, 2.45) is 10.1 Å². The second kappa shape index (κ2) is 8.78. The number of halogens is 1. The van der Waals surface area contributed by atoms with Crippen LogP contribution in [-0.4, -0.2) is 31.5 Å². The highest BCUT2D eigenvalue weighted by atomic mass is 32.2. The van der Waals surface area contributed by atoms with Gasteiger partial charge in [0, 0.05) is 22.6 Å². The van der Waals surface area contributed by atoms with Gasteiger partial charge in [0.15, 0.2) is 5.84 Å². The van der Waals surface area contributed by atoms with E-state index in [2.05, 4.69) is 52.8 Å². The highest BCUT2D eigenvalue weighted by Gasteiger charge is 2.36. The van der Waals surface area contributed by atoms with Gasteiger partial charge in [-0.25, -0.2) is 4.39 Å². The van der Waals surface area contributed by atoms with Gasteiger partial charge in [0.25, 0.3) is 5.91 Å². The van der Waals surface area contributed by atoms with Crippen LogP contribution in [-0.2, 0) is 4.79 Å². The molecule has 35 heavy (non-hydrogen) atoms. The lowest BCUT2D eigenvalue weighted by molar-refractivity contribution is -0.114. The van der Waals surface area contributed by atoms with Crippen LogP contribution in [0.2, 0.25) is 0 Å². The lowest BCUT2D eigenvalue weighted by Crippen LogP contribution is -2.35. The Morgan fingerprint density at radius 2 is 1.74 bits per heavy atom. The van der Waals surface area contributed by atoms with Crippen LogP contribution in [0.1, 0.15) is 47.8 Å². The first kappa shape index (κ1) is 23.0. The van der Waals surface area contributed by atoms with E-state index < -0.39 is 5.91 Å². The van der Waals surface area contributed by atoms with Crippen molar-refractivity contribution in [3.8, 4) is 5.69 Å². The van der Waals surface area contributed by atoms with E-state index in [-0.39, 0.29) is 17.2 Å². The number of aryl methyl sites for hydroxylation is 1. The highest BCUT2D eigenvalue weighted by Crippen LogP contribution is 2.32. The summed E-state index contributed by atoms with van der Waals surface area (Å²) in [5.41, 5.74) is 6.03. The minimum atomic E-state index is -0.476. The lowest BCUT2D eigenvalue weighted by Gasteiger charge is -2.20. The summed E-state index contributed by atoms with van der Waals surface area (Å²) in [5, 5.41) is 15.4. The fraction of sp³-hybridized carbons (Fsp3) is 0.185. The Kier molecular flexibility index (Phi) is 5.76. The zero-order valence-electron chi connectivity index (χ0n) is 19.8. The molecule has 0 saturated carbocycles. The van der Waals surface area contributed by atoms with Crippen molar-refractivity contribution in [1.82, 2.24) is 9.58 Å². The predicted molar refractivity (Wildman–Crippen MR) is 140 cm³/mol. The summed E-state index contributed by atoms with van der Waals surface area (Å²) in [5.74, 6) is -0.389. The van der Waals surface area contributed by atoms with E-state index in [9.17, 15) is 9.18 Å². The quantitative estimate of drug-likeness (QED) is 0.459. The van der Waals surface area contributed by atoms with Crippen LogP contribution < -0.4 is 0 Å². The van der Waals surface area contributed by atoms with Gasteiger partial charge in [-0.2, -0.15) is 15.1 Å². The first-order chi connectivity index (χ1) is 16.7. The number of amides is 1. The average molecular weight is 486 g/mol. The molecule has 2 aromatic carbocycles. The summed E-state index contributed by atoms with van der Waals surface area (Å²) in [6.45, 7) is 8.35. The second-order valence-corrected chi connectivity index (χ2v) is 9.80. The first-order valence-corrected chi connectivity index (χ1v) is 12.1. The van der Waals surface area contributed by atoms with E-state index in [0.29, 0.717) is 21.7 Å². The molecule has 3 aromatic rings. The molecular weight excluding hydrogens is 461 g/mol. The second-order valence-electron chi connectivity index (χ2n) is 8.84. The van der Waals surface area contributed by atoms with Gasteiger partial charge in [-0.15, -0.1) is 0 Å². The molecule has 6 nitrogen and oxygen atoms in total. The third kappa shape index (κ3) is 4.14. The Balaban J connectivity index is 1.48. The van der Waals surface area contributed by atoms with E-state index in [1.807, 2.05) is 19.9 Å². The number of thioether (sulfide) groups is 1. The maximum absolute atomic E-state index is 13.3. The van der Waals surface area contributed by atoms with Gasteiger partial charge in [-0.1, -0.05) is 26.0 Å². The van der Waals surface area contributed by atoms with Crippen LogP contribution in [0.3, 0.4) is 0 Å². The van der Waals surface area contributed by atoms with Crippen LogP contribution in [0, 0.1) is 25.1 Å². The van der Waals surface area contributed by atoms with Gasteiger partial charge < -0.3 is 4.57 Å². The Bertz CT molecular complexity index is 1450. The molecule has 0 radical (unpaired) electrons. The van der Waals surface area contributed by atoms with Gasteiger partial charge in [-0.05, 0) is 91.2 Å². The number of nitrogens with one attached hydrogen (secondary N) is 1. The Labute approximate surface area is 207 Å². The van der Waals surface area contributed by atoms with E-state index in [1.165, 1.54) is 34.5 Å².